The van der Waals surface area contributed by atoms with E-state index < -0.39 is 0 Å². The summed E-state index contributed by atoms with van der Waals surface area (Å²) in [7, 11) is 0. The summed E-state index contributed by atoms with van der Waals surface area (Å²) in [5, 5.41) is 3.23. The molecule has 0 atom stereocenters. The maximum atomic E-state index is 12.9. The number of allylic oxidation sites excluding steroid dienone is 1. The largest absolute Gasteiger partial charge is 0.370 e. The summed E-state index contributed by atoms with van der Waals surface area (Å²) in [5.41, 5.74) is 1.69. The van der Waals surface area contributed by atoms with Gasteiger partial charge in [-0.05, 0) is 29.8 Å². The van der Waals surface area contributed by atoms with Crippen molar-refractivity contribution in [1.82, 2.24) is 10.2 Å². The van der Waals surface area contributed by atoms with Gasteiger partial charge >= 0.3 is 0 Å². The van der Waals surface area contributed by atoms with E-state index in [1.54, 1.807) is 6.08 Å². The van der Waals surface area contributed by atoms with E-state index in [0.717, 1.165) is 25.5 Å². The summed E-state index contributed by atoms with van der Waals surface area (Å²) in [6.45, 7) is 2.43. The van der Waals surface area contributed by atoms with Gasteiger partial charge in [0.1, 0.15) is 11.6 Å². The van der Waals surface area contributed by atoms with Crippen molar-refractivity contribution in [2.24, 2.45) is 0 Å². The Morgan fingerprint density at radius 1 is 1.14 bits per heavy atom. The molecule has 22 heavy (non-hydrogen) atoms. The van der Waals surface area contributed by atoms with Crippen LogP contribution in [0.4, 0.5) is 4.39 Å². The van der Waals surface area contributed by atoms with Crippen LogP contribution in [0, 0.1) is 5.82 Å². The van der Waals surface area contributed by atoms with E-state index in [4.69, 9.17) is 0 Å². The summed E-state index contributed by atoms with van der Waals surface area (Å²) in [6.07, 6.45) is 1.59. The normalized spacial score (nSPS) is 15.9. The lowest BCUT2D eigenvalue weighted by atomic mass is 10.1. The van der Waals surface area contributed by atoms with Gasteiger partial charge in [0.2, 0.25) is 0 Å². The first-order chi connectivity index (χ1) is 10.7. The van der Waals surface area contributed by atoms with Crippen molar-refractivity contribution in [2.45, 2.75) is 6.54 Å². The molecule has 0 radical (unpaired) electrons. The van der Waals surface area contributed by atoms with Crippen LogP contribution in [0.25, 0.3) is 0 Å². The average Bonchev–Trinajstić information content (AvgIpc) is 2.96. The third-order valence-electron chi connectivity index (χ3n) is 3.64. The maximum Gasteiger partial charge on any atom is 0.189 e. The molecule has 0 amide bonds. The fourth-order valence-corrected chi connectivity index (χ4v) is 2.48. The monoisotopic (exact) mass is 296 g/mol. The minimum absolute atomic E-state index is 0.123. The standard InChI is InChI=1S/C18H17FN2O/c19-16-8-6-15(7-9-16)17(22)12-18-20-10-11-21(18)13-14-4-2-1-3-5-14/h1-9,12,20H,10-11,13H2/b18-12+. The minimum atomic E-state index is -0.339. The van der Waals surface area contributed by atoms with Crippen molar-refractivity contribution < 1.29 is 9.18 Å². The van der Waals surface area contributed by atoms with Gasteiger partial charge in [-0.3, -0.25) is 4.79 Å². The quantitative estimate of drug-likeness (QED) is 0.695. The fraction of sp³-hybridized carbons (Fsp3) is 0.167. The van der Waals surface area contributed by atoms with E-state index in [1.165, 1.54) is 29.8 Å². The number of rotatable bonds is 4. The molecular formula is C18H17FN2O. The summed E-state index contributed by atoms with van der Waals surface area (Å²) >= 11 is 0. The summed E-state index contributed by atoms with van der Waals surface area (Å²) in [4.78, 5) is 14.4. The number of nitrogens with one attached hydrogen (secondary N) is 1. The van der Waals surface area contributed by atoms with Crippen molar-refractivity contribution in [3.8, 4) is 0 Å². The second-order valence-electron chi connectivity index (χ2n) is 5.23. The molecule has 3 nitrogen and oxygen atoms in total. The van der Waals surface area contributed by atoms with Gasteiger partial charge < -0.3 is 10.2 Å². The molecule has 1 fully saturated rings. The van der Waals surface area contributed by atoms with Crippen LogP contribution in [-0.4, -0.2) is 23.8 Å². The molecule has 0 bridgehead atoms. The molecule has 0 aliphatic carbocycles. The van der Waals surface area contributed by atoms with Gasteiger partial charge in [0.25, 0.3) is 0 Å². The zero-order chi connectivity index (χ0) is 15.4. The SMILES string of the molecule is O=C(/C=C1\NCCN1Cc1ccccc1)c1ccc(F)cc1. The minimum Gasteiger partial charge on any atom is -0.370 e. The molecular weight excluding hydrogens is 279 g/mol. The van der Waals surface area contributed by atoms with Crippen LogP contribution in [0.15, 0.2) is 66.5 Å². The molecule has 1 aliphatic heterocycles. The van der Waals surface area contributed by atoms with E-state index in [2.05, 4.69) is 22.3 Å². The first-order valence-electron chi connectivity index (χ1n) is 7.27. The summed E-state index contributed by atoms with van der Waals surface area (Å²) < 4.78 is 12.9. The smallest absolute Gasteiger partial charge is 0.189 e. The molecule has 1 saturated heterocycles. The molecule has 1 N–H and O–H groups in total. The van der Waals surface area contributed by atoms with Crippen LogP contribution in [0.5, 0.6) is 0 Å². The van der Waals surface area contributed by atoms with Crippen molar-refractivity contribution in [3.63, 3.8) is 0 Å². The van der Waals surface area contributed by atoms with Gasteiger partial charge in [-0.15, -0.1) is 0 Å². The van der Waals surface area contributed by atoms with Crippen LogP contribution >= 0.6 is 0 Å². The predicted octanol–water partition coefficient (Wildman–Crippen LogP) is 2.96. The van der Waals surface area contributed by atoms with E-state index in [1.807, 2.05) is 18.2 Å². The molecule has 4 heteroatoms. The highest BCUT2D eigenvalue weighted by Gasteiger charge is 2.18. The van der Waals surface area contributed by atoms with E-state index in [9.17, 15) is 9.18 Å². The lowest BCUT2D eigenvalue weighted by molar-refractivity contribution is 0.104. The van der Waals surface area contributed by atoms with Crippen molar-refractivity contribution >= 4 is 5.78 Å². The van der Waals surface area contributed by atoms with Crippen molar-refractivity contribution in [1.29, 1.82) is 0 Å². The molecule has 1 heterocycles. The Morgan fingerprint density at radius 2 is 1.86 bits per heavy atom. The first kappa shape index (κ1) is 14.3. The average molecular weight is 296 g/mol. The molecule has 112 valence electrons. The van der Waals surface area contributed by atoms with Crippen LogP contribution < -0.4 is 5.32 Å². The second kappa shape index (κ2) is 6.43. The van der Waals surface area contributed by atoms with Gasteiger partial charge in [0, 0.05) is 31.3 Å². The third-order valence-corrected chi connectivity index (χ3v) is 3.64. The maximum absolute atomic E-state index is 12.9. The van der Waals surface area contributed by atoms with E-state index in [0.29, 0.717) is 5.56 Å². The molecule has 0 aromatic heterocycles. The number of ketones is 1. The highest BCUT2D eigenvalue weighted by Crippen LogP contribution is 2.14. The van der Waals surface area contributed by atoms with E-state index >= 15 is 0 Å². The van der Waals surface area contributed by atoms with E-state index in [-0.39, 0.29) is 11.6 Å². The number of carbonyl (C=O) groups excluding carboxylic acids is 1. The lowest BCUT2D eigenvalue weighted by Gasteiger charge is -2.18. The second-order valence-corrected chi connectivity index (χ2v) is 5.23. The summed E-state index contributed by atoms with van der Waals surface area (Å²) in [5.74, 6) is 0.356. The number of hydrogen-bond acceptors (Lipinski definition) is 3. The number of carbonyl (C=O) groups is 1. The molecule has 3 rings (SSSR count). The Hall–Kier alpha value is -2.62. The summed E-state index contributed by atoms with van der Waals surface area (Å²) in [6, 6.07) is 15.7. The Bertz CT molecular complexity index is 680. The van der Waals surface area contributed by atoms with Crippen LogP contribution in [-0.2, 0) is 6.54 Å². The predicted molar refractivity (Wildman–Crippen MR) is 83.7 cm³/mol. The van der Waals surface area contributed by atoms with Crippen molar-refractivity contribution in [2.75, 3.05) is 13.1 Å². The number of halogens is 1. The van der Waals surface area contributed by atoms with Gasteiger partial charge in [-0.2, -0.15) is 0 Å². The van der Waals surface area contributed by atoms with Crippen LogP contribution in [0.3, 0.4) is 0 Å². The van der Waals surface area contributed by atoms with Gasteiger partial charge in [-0.25, -0.2) is 4.39 Å². The Balaban J connectivity index is 1.74. The molecule has 0 saturated carbocycles. The number of benzene rings is 2. The highest BCUT2D eigenvalue weighted by atomic mass is 19.1. The first-order valence-corrected chi connectivity index (χ1v) is 7.27. The molecule has 2 aromatic rings. The molecule has 1 aliphatic rings. The molecule has 2 aromatic carbocycles. The molecule has 0 unspecified atom stereocenters. The third kappa shape index (κ3) is 3.34. The lowest BCUT2D eigenvalue weighted by Crippen LogP contribution is -2.20. The van der Waals surface area contributed by atoms with Crippen LogP contribution in [0.1, 0.15) is 15.9 Å². The number of hydrogen-bond donors (Lipinski definition) is 1. The van der Waals surface area contributed by atoms with Crippen LogP contribution in [0.2, 0.25) is 0 Å². The van der Waals surface area contributed by atoms with Gasteiger partial charge in [0.05, 0.1) is 0 Å². The topological polar surface area (TPSA) is 32.3 Å². The zero-order valence-corrected chi connectivity index (χ0v) is 12.1. The zero-order valence-electron chi connectivity index (χ0n) is 12.1. The van der Waals surface area contributed by atoms with Gasteiger partial charge in [0.15, 0.2) is 5.78 Å². The Kier molecular flexibility index (Phi) is 4.19. The Labute approximate surface area is 129 Å². The number of nitrogens with zero attached hydrogens (tertiary/aromatic N) is 1. The molecule has 0 spiro atoms. The fourth-order valence-electron chi connectivity index (χ4n) is 2.48. The van der Waals surface area contributed by atoms with Gasteiger partial charge in [-0.1, -0.05) is 30.3 Å². The highest BCUT2D eigenvalue weighted by molar-refractivity contribution is 6.04. The van der Waals surface area contributed by atoms with Crippen molar-refractivity contribution in [3.05, 3.63) is 83.4 Å². The Morgan fingerprint density at radius 3 is 2.59 bits per heavy atom.